The van der Waals surface area contributed by atoms with E-state index in [9.17, 15) is 4.79 Å². The summed E-state index contributed by atoms with van der Waals surface area (Å²) in [5, 5.41) is 9.51. The molecule has 0 bridgehead atoms. The molecule has 19 heavy (non-hydrogen) atoms. The molecule has 0 aliphatic carbocycles. The fraction of sp³-hybridized carbons (Fsp3) is 0.143. The summed E-state index contributed by atoms with van der Waals surface area (Å²) in [6, 6.07) is 8.87. The third-order valence-electron chi connectivity index (χ3n) is 2.75. The Balaban J connectivity index is 2.80. The van der Waals surface area contributed by atoms with Crippen LogP contribution in [0.5, 0.6) is 5.75 Å². The lowest BCUT2D eigenvalue weighted by atomic mass is 10.0. The van der Waals surface area contributed by atoms with Gasteiger partial charge < -0.3 is 9.72 Å². The molecule has 1 aromatic carbocycles. The number of hydrogen-bond acceptors (Lipinski definition) is 3. The van der Waals surface area contributed by atoms with Gasteiger partial charge in [-0.15, -0.1) is 0 Å². The number of benzene rings is 1. The van der Waals surface area contributed by atoms with E-state index in [4.69, 9.17) is 21.6 Å². The van der Waals surface area contributed by atoms with Crippen LogP contribution < -0.4 is 10.3 Å². The van der Waals surface area contributed by atoms with Crippen LogP contribution in [0.1, 0.15) is 11.3 Å². The lowest BCUT2D eigenvalue weighted by Crippen LogP contribution is -2.12. The third kappa shape index (κ3) is 2.33. The van der Waals surface area contributed by atoms with Crippen molar-refractivity contribution in [1.82, 2.24) is 4.98 Å². The lowest BCUT2D eigenvalue weighted by Gasteiger charge is -2.10. The number of ether oxygens (including phenoxy) is 1. The molecule has 96 valence electrons. The number of aryl methyl sites for hydroxylation is 1. The summed E-state index contributed by atoms with van der Waals surface area (Å²) in [6.45, 7) is 1.75. The molecule has 0 aliphatic rings. The van der Waals surface area contributed by atoms with Gasteiger partial charge in [-0.05, 0) is 19.1 Å². The fourth-order valence-electron chi connectivity index (χ4n) is 1.89. The number of nitrogens with zero attached hydrogens (tertiary/aromatic N) is 1. The highest BCUT2D eigenvalue weighted by atomic mass is 35.5. The molecule has 0 unspecified atom stereocenters. The maximum Gasteiger partial charge on any atom is 0.266 e. The van der Waals surface area contributed by atoms with Gasteiger partial charge in [0.2, 0.25) is 0 Å². The van der Waals surface area contributed by atoms with Crippen LogP contribution in [0.2, 0.25) is 5.02 Å². The smallest absolute Gasteiger partial charge is 0.266 e. The lowest BCUT2D eigenvalue weighted by molar-refractivity contribution is 0.415. The van der Waals surface area contributed by atoms with E-state index in [1.54, 1.807) is 31.2 Å². The predicted molar refractivity (Wildman–Crippen MR) is 73.5 cm³/mol. The molecular weight excluding hydrogens is 264 g/mol. The highest BCUT2D eigenvalue weighted by Crippen LogP contribution is 2.35. The van der Waals surface area contributed by atoms with E-state index in [1.165, 1.54) is 7.11 Å². The standard InChI is InChI=1S/C14H11ClN2O2/c1-8-6-10(11(7-16)14(18)17-8)9-4-3-5-12(19-2)13(9)15/h3-6H,1-2H3,(H,17,18). The fourth-order valence-corrected chi connectivity index (χ4v) is 2.19. The molecule has 0 aliphatic heterocycles. The van der Waals surface area contributed by atoms with E-state index in [2.05, 4.69) is 4.98 Å². The Morgan fingerprint density at radius 1 is 1.37 bits per heavy atom. The number of nitriles is 1. The first kappa shape index (κ1) is 13.2. The van der Waals surface area contributed by atoms with Gasteiger partial charge in [0.1, 0.15) is 17.4 Å². The maximum atomic E-state index is 11.8. The average molecular weight is 275 g/mol. The quantitative estimate of drug-likeness (QED) is 0.916. The third-order valence-corrected chi connectivity index (χ3v) is 3.14. The first-order chi connectivity index (χ1) is 9.08. The molecule has 0 saturated carbocycles. The van der Waals surface area contributed by atoms with Crippen molar-refractivity contribution in [2.24, 2.45) is 0 Å². The highest BCUT2D eigenvalue weighted by molar-refractivity contribution is 6.34. The number of methoxy groups -OCH3 is 1. The monoisotopic (exact) mass is 274 g/mol. The van der Waals surface area contributed by atoms with Gasteiger partial charge >= 0.3 is 0 Å². The van der Waals surface area contributed by atoms with Crippen molar-refractivity contribution in [1.29, 1.82) is 5.26 Å². The SMILES string of the molecule is COc1cccc(-c2cc(C)[nH]c(=O)c2C#N)c1Cl. The zero-order valence-electron chi connectivity index (χ0n) is 10.5. The van der Waals surface area contributed by atoms with Gasteiger partial charge in [-0.1, -0.05) is 23.7 Å². The Bertz CT molecular complexity index is 729. The molecular formula is C14H11ClN2O2. The average Bonchev–Trinajstić information content (AvgIpc) is 2.38. The summed E-state index contributed by atoms with van der Waals surface area (Å²) in [4.78, 5) is 14.4. The Morgan fingerprint density at radius 3 is 2.74 bits per heavy atom. The summed E-state index contributed by atoms with van der Waals surface area (Å²) in [6.07, 6.45) is 0. The Kier molecular flexibility index (Phi) is 3.59. The molecule has 0 spiro atoms. The van der Waals surface area contributed by atoms with Gasteiger partial charge in [-0.25, -0.2) is 0 Å². The van der Waals surface area contributed by atoms with Crippen LogP contribution in [-0.2, 0) is 0 Å². The first-order valence-corrected chi connectivity index (χ1v) is 5.93. The zero-order valence-corrected chi connectivity index (χ0v) is 11.2. The molecule has 5 heteroatoms. The normalized spacial score (nSPS) is 10.0. The van der Waals surface area contributed by atoms with Crippen molar-refractivity contribution in [3.05, 3.63) is 50.9 Å². The largest absolute Gasteiger partial charge is 0.495 e. The summed E-state index contributed by atoms with van der Waals surface area (Å²) < 4.78 is 5.14. The van der Waals surface area contributed by atoms with Crippen LogP contribution in [0.15, 0.2) is 29.1 Å². The second kappa shape index (κ2) is 5.17. The molecule has 1 aromatic heterocycles. The van der Waals surface area contributed by atoms with E-state index >= 15 is 0 Å². The van der Waals surface area contributed by atoms with E-state index in [0.717, 1.165) is 0 Å². The van der Waals surface area contributed by atoms with E-state index in [1.807, 2.05) is 6.07 Å². The Hall–Kier alpha value is -2.25. The van der Waals surface area contributed by atoms with Crippen LogP contribution in [0, 0.1) is 18.3 Å². The first-order valence-electron chi connectivity index (χ1n) is 5.55. The van der Waals surface area contributed by atoms with Gasteiger partial charge in [0.25, 0.3) is 5.56 Å². The Morgan fingerprint density at radius 2 is 2.11 bits per heavy atom. The molecule has 0 amide bonds. The second-order valence-corrected chi connectivity index (χ2v) is 4.38. The van der Waals surface area contributed by atoms with Crippen molar-refractivity contribution in [3.8, 4) is 22.9 Å². The van der Waals surface area contributed by atoms with Crippen molar-refractivity contribution < 1.29 is 4.74 Å². The topological polar surface area (TPSA) is 65.9 Å². The van der Waals surface area contributed by atoms with E-state index < -0.39 is 5.56 Å². The summed E-state index contributed by atoms with van der Waals surface area (Å²) in [5.41, 5.74) is 1.40. The summed E-state index contributed by atoms with van der Waals surface area (Å²) in [5.74, 6) is 0.501. The van der Waals surface area contributed by atoms with Crippen molar-refractivity contribution >= 4 is 11.6 Å². The molecule has 0 fully saturated rings. The zero-order chi connectivity index (χ0) is 14.0. The number of H-pyrrole nitrogens is 1. The molecule has 4 nitrogen and oxygen atoms in total. The predicted octanol–water partition coefficient (Wildman–Crippen LogP) is 2.88. The van der Waals surface area contributed by atoms with Crippen LogP contribution in [0.3, 0.4) is 0 Å². The Labute approximate surface area is 115 Å². The van der Waals surface area contributed by atoms with Crippen LogP contribution >= 0.6 is 11.6 Å². The summed E-state index contributed by atoms with van der Waals surface area (Å²) >= 11 is 6.23. The minimum atomic E-state index is -0.420. The van der Waals surface area contributed by atoms with E-state index in [-0.39, 0.29) is 5.56 Å². The van der Waals surface area contributed by atoms with Crippen molar-refractivity contribution in [2.75, 3.05) is 7.11 Å². The summed E-state index contributed by atoms with van der Waals surface area (Å²) in [7, 11) is 1.51. The van der Waals surface area contributed by atoms with Crippen LogP contribution in [0.25, 0.3) is 11.1 Å². The van der Waals surface area contributed by atoms with Crippen LogP contribution in [0.4, 0.5) is 0 Å². The molecule has 2 aromatic rings. The number of rotatable bonds is 2. The molecule has 0 saturated heterocycles. The van der Waals surface area contributed by atoms with Gasteiger partial charge in [0.15, 0.2) is 0 Å². The van der Waals surface area contributed by atoms with Gasteiger partial charge in [0, 0.05) is 16.8 Å². The molecule has 1 N–H and O–H groups in total. The van der Waals surface area contributed by atoms with Crippen LogP contribution in [-0.4, -0.2) is 12.1 Å². The minimum Gasteiger partial charge on any atom is -0.495 e. The number of pyridine rings is 1. The van der Waals surface area contributed by atoms with Gasteiger partial charge in [0.05, 0.1) is 12.1 Å². The molecule has 1 heterocycles. The van der Waals surface area contributed by atoms with Gasteiger partial charge in [-0.2, -0.15) is 5.26 Å². The second-order valence-electron chi connectivity index (χ2n) is 4.00. The molecule has 2 rings (SSSR count). The molecule has 0 radical (unpaired) electrons. The molecule has 0 atom stereocenters. The number of halogens is 1. The number of hydrogen-bond donors (Lipinski definition) is 1. The number of aromatic nitrogens is 1. The van der Waals surface area contributed by atoms with Crippen molar-refractivity contribution in [3.63, 3.8) is 0 Å². The number of nitrogens with one attached hydrogen (secondary N) is 1. The maximum absolute atomic E-state index is 11.8. The van der Waals surface area contributed by atoms with Gasteiger partial charge in [-0.3, -0.25) is 4.79 Å². The van der Waals surface area contributed by atoms with Crippen molar-refractivity contribution in [2.45, 2.75) is 6.92 Å². The highest BCUT2D eigenvalue weighted by Gasteiger charge is 2.15. The van der Waals surface area contributed by atoms with E-state index in [0.29, 0.717) is 27.6 Å². The number of aromatic amines is 1. The minimum absolute atomic E-state index is 0.0424.